The fourth-order valence-electron chi connectivity index (χ4n) is 3.68. The normalized spacial score (nSPS) is 18.5. The van der Waals surface area contributed by atoms with Gasteiger partial charge >= 0.3 is 5.97 Å². The quantitative estimate of drug-likeness (QED) is 0.624. The summed E-state index contributed by atoms with van der Waals surface area (Å²) in [5.74, 6) is -0.145. The summed E-state index contributed by atoms with van der Waals surface area (Å²) in [7, 11) is 4.45. The average molecular weight is 451 g/mol. The highest BCUT2D eigenvalue weighted by Gasteiger charge is 2.32. The number of methoxy groups -OCH3 is 3. The largest absolute Gasteiger partial charge is 0.496 e. The number of aryl methyl sites for hydroxylation is 1. The SMILES string of the molecule is CCc1[nH]c(C(=O)N[C@@H]2CCN(c3ccc(OC)c(C(=O)OC)c3)C[C@@H]2OC)nc1Cl. The van der Waals surface area contributed by atoms with E-state index >= 15 is 0 Å². The molecule has 1 aliphatic rings. The monoisotopic (exact) mass is 450 g/mol. The fourth-order valence-corrected chi connectivity index (χ4v) is 3.95. The van der Waals surface area contributed by atoms with Gasteiger partial charge in [-0.1, -0.05) is 18.5 Å². The van der Waals surface area contributed by atoms with Crippen molar-refractivity contribution in [2.75, 3.05) is 39.3 Å². The molecule has 0 unspecified atom stereocenters. The topological polar surface area (TPSA) is 106 Å². The summed E-state index contributed by atoms with van der Waals surface area (Å²) in [6.07, 6.45) is 1.06. The number of hydrogen-bond donors (Lipinski definition) is 2. The Bertz CT molecular complexity index is 948. The van der Waals surface area contributed by atoms with E-state index in [-0.39, 0.29) is 23.9 Å². The zero-order chi connectivity index (χ0) is 22.5. The van der Waals surface area contributed by atoms with Crippen LogP contribution in [0.2, 0.25) is 5.15 Å². The van der Waals surface area contributed by atoms with Crippen molar-refractivity contribution < 1.29 is 23.8 Å². The zero-order valence-corrected chi connectivity index (χ0v) is 18.8. The van der Waals surface area contributed by atoms with Crippen LogP contribution in [-0.4, -0.2) is 68.4 Å². The molecule has 2 N–H and O–H groups in total. The molecule has 2 atom stereocenters. The number of carbonyl (C=O) groups is 2. The van der Waals surface area contributed by atoms with E-state index < -0.39 is 5.97 Å². The number of ether oxygens (including phenoxy) is 3. The minimum atomic E-state index is -0.465. The van der Waals surface area contributed by atoms with Crippen LogP contribution in [0.4, 0.5) is 5.69 Å². The van der Waals surface area contributed by atoms with E-state index in [2.05, 4.69) is 20.2 Å². The first kappa shape index (κ1) is 22.9. The van der Waals surface area contributed by atoms with Crippen molar-refractivity contribution in [3.63, 3.8) is 0 Å². The minimum absolute atomic E-state index is 0.192. The van der Waals surface area contributed by atoms with Gasteiger partial charge in [0.1, 0.15) is 11.3 Å². The molecule has 1 amide bonds. The van der Waals surface area contributed by atoms with Gasteiger partial charge in [0.15, 0.2) is 11.0 Å². The van der Waals surface area contributed by atoms with Gasteiger partial charge in [-0.05, 0) is 31.0 Å². The third-order valence-corrected chi connectivity index (χ3v) is 5.74. The van der Waals surface area contributed by atoms with Crippen LogP contribution in [-0.2, 0) is 15.9 Å². The van der Waals surface area contributed by atoms with Crippen molar-refractivity contribution in [2.24, 2.45) is 0 Å². The van der Waals surface area contributed by atoms with Gasteiger partial charge in [0.25, 0.3) is 5.91 Å². The lowest BCUT2D eigenvalue weighted by Crippen LogP contribution is -2.55. The van der Waals surface area contributed by atoms with Gasteiger partial charge in [-0.15, -0.1) is 0 Å². The molecule has 1 aromatic carbocycles. The first-order valence-electron chi connectivity index (χ1n) is 10.0. The van der Waals surface area contributed by atoms with E-state index in [1.54, 1.807) is 19.2 Å². The van der Waals surface area contributed by atoms with Crippen LogP contribution >= 0.6 is 11.6 Å². The number of nitrogens with one attached hydrogen (secondary N) is 2. The van der Waals surface area contributed by atoms with Gasteiger partial charge in [0.2, 0.25) is 0 Å². The minimum Gasteiger partial charge on any atom is -0.496 e. The van der Waals surface area contributed by atoms with Crippen molar-refractivity contribution in [1.82, 2.24) is 15.3 Å². The van der Waals surface area contributed by atoms with E-state index in [1.165, 1.54) is 14.2 Å². The molecular formula is C21H27ClN4O5. The van der Waals surface area contributed by atoms with E-state index in [9.17, 15) is 9.59 Å². The molecule has 0 saturated carbocycles. The van der Waals surface area contributed by atoms with E-state index in [0.29, 0.717) is 42.4 Å². The molecule has 3 rings (SSSR count). The summed E-state index contributed by atoms with van der Waals surface area (Å²) in [5, 5.41) is 3.30. The highest BCUT2D eigenvalue weighted by atomic mass is 35.5. The number of piperidine rings is 1. The van der Waals surface area contributed by atoms with Gasteiger partial charge in [0.05, 0.1) is 32.1 Å². The number of carbonyl (C=O) groups excluding carboxylic acids is 2. The molecule has 2 aromatic rings. The highest BCUT2D eigenvalue weighted by molar-refractivity contribution is 6.30. The molecule has 0 bridgehead atoms. The number of benzene rings is 1. The molecule has 0 radical (unpaired) electrons. The van der Waals surface area contributed by atoms with Gasteiger partial charge < -0.3 is 29.4 Å². The van der Waals surface area contributed by atoms with Crippen molar-refractivity contribution in [3.8, 4) is 5.75 Å². The maximum absolute atomic E-state index is 12.6. The molecule has 1 saturated heterocycles. The Balaban J connectivity index is 1.72. The molecule has 10 heteroatoms. The van der Waals surface area contributed by atoms with Crippen LogP contribution in [0.1, 0.15) is 40.0 Å². The van der Waals surface area contributed by atoms with E-state index in [4.69, 9.17) is 25.8 Å². The first-order valence-corrected chi connectivity index (χ1v) is 10.4. The number of anilines is 1. The van der Waals surface area contributed by atoms with Crippen LogP contribution in [0.25, 0.3) is 0 Å². The molecule has 2 heterocycles. The second-order valence-electron chi connectivity index (χ2n) is 7.17. The van der Waals surface area contributed by atoms with Crippen LogP contribution in [0, 0.1) is 0 Å². The lowest BCUT2D eigenvalue weighted by Gasteiger charge is -2.39. The molecule has 1 aromatic heterocycles. The Hall–Kier alpha value is -2.78. The molecule has 0 spiro atoms. The molecular weight excluding hydrogens is 424 g/mol. The molecule has 31 heavy (non-hydrogen) atoms. The first-order chi connectivity index (χ1) is 14.9. The fraction of sp³-hybridized carbons (Fsp3) is 0.476. The number of aromatic amines is 1. The second-order valence-corrected chi connectivity index (χ2v) is 7.53. The molecule has 168 valence electrons. The third kappa shape index (κ3) is 4.94. The zero-order valence-electron chi connectivity index (χ0n) is 18.0. The number of H-pyrrole nitrogens is 1. The van der Waals surface area contributed by atoms with Crippen LogP contribution in [0.3, 0.4) is 0 Å². The third-order valence-electron chi connectivity index (χ3n) is 5.43. The van der Waals surface area contributed by atoms with Gasteiger partial charge in [-0.2, -0.15) is 0 Å². The number of hydrogen-bond acceptors (Lipinski definition) is 7. The van der Waals surface area contributed by atoms with Crippen LogP contribution in [0.5, 0.6) is 5.75 Å². The predicted molar refractivity (Wildman–Crippen MR) is 116 cm³/mol. The van der Waals surface area contributed by atoms with Crippen molar-refractivity contribution >= 4 is 29.2 Å². The predicted octanol–water partition coefficient (Wildman–Crippen LogP) is 2.44. The Morgan fingerprint density at radius 1 is 1.32 bits per heavy atom. The van der Waals surface area contributed by atoms with Crippen molar-refractivity contribution in [3.05, 3.63) is 40.4 Å². The lowest BCUT2D eigenvalue weighted by atomic mass is 10.00. The number of imidazole rings is 1. The number of esters is 1. The summed E-state index contributed by atoms with van der Waals surface area (Å²) in [5.41, 5.74) is 1.93. The van der Waals surface area contributed by atoms with E-state index in [1.807, 2.05) is 13.0 Å². The van der Waals surface area contributed by atoms with Crippen molar-refractivity contribution in [2.45, 2.75) is 31.9 Å². The number of rotatable bonds is 7. The highest BCUT2D eigenvalue weighted by Crippen LogP contribution is 2.28. The molecule has 0 aliphatic carbocycles. The maximum atomic E-state index is 12.6. The summed E-state index contributed by atoms with van der Waals surface area (Å²) in [4.78, 5) is 33.9. The summed E-state index contributed by atoms with van der Waals surface area (Å²) >= 11 is 6.05. The Kier molecular flexibility index (Phi) is 7.40. The Labute approximate surface area is 186 Å². The lowest BCUT2D eigenvalue weighted by molar-refractivity contribution is 0.0537. The average Bonchev–Trinajstić information content (AvgIpc) is 3.19. The van der Waals surface area contributed by atoms with Gasteiger partial charge in [-0.25, -0.2) is 9.78 Å². The number of aromatic nitrogens is 2. The standard InChI is InChI=1S/C21H27ClN4O5/c1-5-14-18(22)25-19(23-14)20(27)24-15-8-9-26(11-17(15)30-3)12-6-7-16(29-2)13(10-12)21(28)31-4/h6-7,10,15,17H,5,8-9,11H2,1-4H3,(H,23,25)(H,24,27)/t15-,17+/m1/s1. The summed E-state index contributed by atoms with van der Waals surface area (Å²) in [6.45, 7) is 3.13. The van der Waals surface area contributed by atoms with Crippen LogP contribution in [0.15, 0.2) is 18.2 Å². The summed E-state index contributed by atoms with van der Waals surface area (Å²) < 4.78 is 15.8. The molecule has 1 fully saturated rings. The van der Waals surface area contributed by atoms with E-state index in [0.717, 1.165) is 11.4 Å². The van der Waals surface area contributed by atoms with Gasteiger partial charge in [-0.3, -0.25) is 4.79 Å². The second kappa shape index (κ2) is 10.0. The maximum Gasteiger partial charge on any atom is 0.341 e. The van der Waals surface area contributed by atoms with Gasteiger partial charge in [0, 0.05) is 25.9 Å². The smallest absolute Gasteiger partial charge is 0.341 e. The number of nitrogens with zero attached hydrogens (tertiary/aromatic N) is 2. The molecule has 9 nitrogen and oxygen atoms in total. The molecule has 1 aliphatic heterocycles. The van der Waals surface area contributed by atoms with Crippen LogP contribution < -0.4 is 15.0 Å². The number of halogens is 1. The Morgan fingerprint density at radius 3 is 2.71 bits per heavy atom. The summed E-state index contributed by atoms with van der Waals surface area (Å²) in [6, 6.07) is 5.17. The van der Waals surface area contributed by atoms with Crippen molar-refractivity contribution in [1.29, 1.82) is 0 Å². The number of amides is 1. The Morgan fingerprint density at radius 2 is 2.10 bits per heavy atom.